The average Bonchev–Trinajstić information content (AvgIpc) is 3.86. The van der Waals surface area contributed by atoms with Crippen molar-refractivity contribution in [3.8, 4) is 10.4 Å². The molecule has 3 heterocycles. The van der Waals surface area contributed by atoms with Gasteiger partial charge in [-0.1, -0.05) is 78.9 Å². The Kier molecular flexibility index (Phi) is 5.83. The van der Waals surface area contributed by atoms with Crippen molar-refractivity contribution in [1.29, 1.82) is 0 Å². The van der Waals surface area contributed by atoms with Gasteiger partial charge in [0.1, 0.15) is 22.3 Å². The Bertz CT molecular complexity index is 2920. The van der Waals surface area contributed by atoms with Crippen molar-refractivity contribution in [2.75, 3.05) is 4.90 Å². The lowest BCUT2D eigenvalue weighted by Gasteiger charge is -2.26. The molecular formula is C46H27NO2S. The molecule has 0 aliphatic carbocycles. The van der Waals surface area contributed by atoms with Gasteiger partial charge in [0.05, 0.1) is 0 Å². The summed E-state index contributed by atoms with van der Waals surface area (Å²) in [5.74, 6) is 0. The molecule has 3 nitrogen and oxygen atoms in total. The van der Waals surface area contributed by atoms with E-state index < -0.39 is 0 Å². The summed E-state index contributed by atoms with van der Waals surface area (Å²) in [5.41, 5.74) is 8.14. The summed E-state index contributed by atoms with van der Waals surface area (Å²) >= 11 is 1.84. The number of hydrogen-bond acceptors (Lipinski definition) is 4. The Balaban J connectivity index is 1.09. The van der Waals surface area contributed by atoms with Gasteiger partial charge < -0.3 is 13.7 Å². The largest absolute Gasteiger partial charge is 0.456 e. The molecule has 0 saturated carbocycles. The first-order valence-electron chi connectivity index (χ1n) is 16.8. The molecule has 0 amide bonds. The van der Waals surface area contributed by atoms with E-state index in [0.717, 1.165) is 71.7 Å². The summed E-state index contributed by atoms with van der Waals surface area (Å²) < 4.78 is 13.7. The van der Waals surface area contributed by atoms with Crippen LogP contribution in [-0.4, -0.2) is 0 Å². The van der Waals surface area contributed by atoms with E-state index in [-0.39, 0.29) is 0 Å². The summed E-state index contributed by atoms with van der Waals surface area (Å²) in [7, 11) is 0. The van der Waals surface area contributed by atoms with Crippen LogP contribution >= 0.6 is 11.3 Å². The first kappa shape index (κ1) is 27.6. The van der Waals surface area contributed by atoms with Gasteiger partial charge in [0.15, 0.2) is 0 Å². The van der Waals surface area contributed by atoms with Crippen molar-refractivity contribution in [1.82, 2.24) is 0 Å². The fourth-order valence-electron chi connectivity index (χ4n) is 7.54. The van der Waals surface area contributed by atoms with Gasteiger partial charge >= 0.3 is 0 Å². The molecular weight excluding hydrogens is 631 g/mol. The summed E-state index contributed by atoms with van der Waals surface area (Å²) in [5, 5.41) is 10.4. The Morgan fingerprint density at radius 1 is 0.360 bits per heavy atom. The van der Waals surface area contributed by atoms with E-state index in [4.69, 9.17) is 8.83 Å². The number of furan rings is 2. The molecule has 0 radical (unpaired) electrons. The first-order chi connectivity index (χ1) is 24.7. The monoisotopic (exact) mass is 657 g/mol. The number of rotatable bonds is 4. The quantitative estimate of drug-likeness (QED) is 0.189. The molecule has 0 spiro atoms. The van der Waals surface area contributed by atoms with E-state index in [1.54, 1.807) is 0 Å². The van der Waals surface area contributed by atoms with Gasteiger partial charge in [-0.25, -0.2) is 0 Å². The minimum atomic E-state index is 0.910. The SMILES string of the molecule is c1ccc2sc(-c3ccc(N(c4ccc5cc6oc7ccccc7c6cc5c4)c4ccc5cc6oc7ccccc7c6cc5c4)cc3)cc2c1. The van der Waals surface area contributed by atoms with E-state index >= 15 is 0 Å². The molecule has 0 aliphatic rings. The number of anilines is 3. The van der Waals surface area contributed by atoms with Crippen LogP contribution in [0.5, 0.6) is 0 Å². The zero-order valence-electron chi connectivity index (χ0n) is 26.8. The second kappa shape index (κ2) is 10.6. The second-order valence-corrected chi connectivity index (χ2v) is 14.1. The molecule has 0 fully saturated rings. The highest BCUT2D eigenvalue weighted by Gasteiger charge is 2.17. The van der Waals surface area contributed by atoms with Crippen molar-refractivity contribution < 1.29 is 8.83 Å². The fourth-order valence-corrected chi connectivity index (χ4v) is 8.60. The molecule has 8 aromatic carbocycles. The molecule has 0 N–H and O–H groups in total. The standard InChI is InChI=1S/C46H27NO2S/c1-6-12-45-31(7-1)27-46(50-45)28-13-17-34(18-14-28)47(35-19-15-29-25-43-39(23-32(29)21-35)37-8-2-4-10-41(37)48-43)36-20-16-30-26-44-40(24-33(30)22-36)38-9-3-5-11-42(38)49-44/h1-27H. The summed E-state index contributed by atoms with van der Waals surface area (Å²) in [6.45, 7) is 0. The summed E-state index contributed by atoms with van der Waals surface area (Å²) in [6.07, 6.45) is 0. The summed E-state index contributed by atoms with van der Waals surface area (Å²) in [6, 6.07) is 58.7. The molecule has 11 rings (SSSR count). The van der Waals surface area contributed by atoms with Crippen LogP contribution < -0.4 is 4.90 Å². The van der Waals surface area contributed by atoms with Crippen molar-refractivity contribution in [3.05, 3.63) is 164 Å². The minimum absolute atomic E-state index is 0.910. The van der Waals surface area contributed by atoms with Gasteiger partial charge in [0.2, 0.25) is 0 Å². The molecule has 0 saturated heterocycles. The Morgan fingerprint density at radius 2 is 0.900 bits per heavy atom. The number of fused-ring (bicyclic) bond motifs is 9. The molecule has 0 bridgehead atoms. The normalized spacial score (nSPS) is 12.0. The number of para-hydroxylation sites is 2. The average molecular weight is 658 g/mol. The number of thiophene rings is 1. The van der Waals surface area contributed by atoms with E-state index in [9.17, 15) is 0 Å². The van der Waals surface area contributed by atoms with Gasteiger partial charge in [-0.2, -0.15) is 0 Å². The molecule has 4 heteroatoms. The molecule has 50 heavy (non-hydrogen) atoms. The minimum Gasteiger partial charge on any atom is -0.456 e. The highest BCUT2D eigenvalue weighted by molar-refractivity contribution is 7.22. The lowest BCUT2D eigenvalue weighted by Crippen LogP contribution is -2.09. The molecule has 0 unspecified atom stereocenters. The molecule has 0 aliphatic heterocycles. The third-order valence-electron chi connectivity index (χ3n) is 9.99. The van der Waals surface area contributed by atoms with Crippen molar-refractivity contribution >= 4 is 104 Å². The maximum absolute atomic E-state index is 6.22. The van der Waals surface area contributed by atoms with E-state index in [1.165, 1.54) is 31.3 Å². The van der Waals surface area contributed by atoms with Crippen molar-refractivity contribution in [2.45, 2.75) is 0 Å². The van der Waals surface area contributed by atoms with Crippen LogP contribution in [0, 0.1) is 0 Å². The van der Waals surface area contributed by atoms with Crippen molar-refractivity contribution in [3.63, 3.8) is 0 Å². The lowest BCUT2D eigenvalue weighted by molar-refractivity contribution is 0.669. The van der Waals surface area contributed by atoms with E-state index in [1.807, 2.05) is 35.6 Å². The summed E-state index contributed by atoms with van der Waals surface area (Å²) in [4.78, 5) is 3.64. The first-order valence-corrected chi connectivity index (χ1v) is 17.6. The van der Waals surface area contributed by atoms with Gasteiger partial charge in [0, 0.05) is 48.2 Å². The van der Waals surface area contributed by atoms with Crippen molar-refractivity contribution in [2.24, 2.45) is 0 Å². The van der Waals surface area contributed by atoms with Gasteiger partial charge in [0.25, 0.3) is 0 Å². The maximum atomic E-state index is 6.22. The van der Waals surface area contributed by atoms with Gasteiger partial charge in [-0.05, 0) is 117 Å². The number of nitrogens with zero attached hydrogens (tertiary/aromatic N) is 1. The molecule has 11 aromatic rings. The van der Waals surface area contributed by atoms with Crippen LogP contribution in [-0.2, 0) is 0 Å². The van der Waals surface area contributed by atoms with Crippen LogP contribution in [0.25, 0.3) is 85.9 Å². The molecule has 234 valence electrons. The fraction of sp³-hybridized carbons (Fsp3) is 0. The predicted molar refractivity (Wildman–Crippen MR) is 212 cm³/mol. The number of benzene rings is 8. The van der Waals surface area contributed by atoms with Crippen LogP contribution in [0.3, 0.4) is 0 Å². The molecule has 0 atom stereocenters. The highest BCUT2D eigenvalue weighted by Crippen LogP contribution is 2.42. The van der Waals surface area contributed by atoms with Gasteiger partial charge in [-0.3, -0.25) is 0 Å². The highest BCUT2D eigenvalue weighted by atomic mass is 32.1. The lowest BCUT2D eigenvalue weighted by atomic mass is 10.0. The van der Waals surface area contributed by atoms with E-state index in [2.05, 4.69) is 144 Å². The zero-order valence-corrected chi connectivity index (χ0v) is 27.6. The van der Waals surface area contributed by atoms with Gasteiger partial charge in [-0.15, -0.1) is 11.3 Å². The Hall–Kier alpha value is -6.36. The predicted octanol–water partition coefficient (Wildman–Crippen LogP) is 14.1. The van der Waals surface area contributed by atoms with Crippen LogP contribution in [0.1, 0.15) is 0 Å². The Morgan fingerprint density at radius 3 is 1.50 bits per heavy atom. The maximum Gasteiger partial charge on any atom is 0.136 e. The third-order valence-corrected chi connectivity index (χ3v) is 11.2. The van der Waals surface area contributed by atoms with Crippen LogP contribution in [0.4, 0.5) is 17.1 Å². The van der Waals surface area contributed by atoms with E-state index in [0.29, 0.717) is 0 Å². The zero-order chi connectivity index (χ0) is 32.8. The Labute approximate surface area is 290 Å². The topological polar surface area (TPSA) is 29.5 Å². The van der Waals surface area contributed by atoms with Crippen LogP contribution in [0.15, 0.2) is 173 Å². The molecule has 3 aromatic heterocycles. The smallest absolute Gasteiger partial charge is 0.136 e. The third kappa shape index (κ3) is 4.29. The number of hydrogen-bond donors (Lipinski definition) is 0. The van der Waals surface area contributed by atoms with Crippen LogP contribution in [0.2, 0.25) is 0 Å². The second-order valence-electron chi connectivity index (χ2n) is 13.0.